The van der Waals surface area contributed by atoms with Crippen molar-refractivity contribution in [1.29, 1.82) is 0 Å². The molecule has 0 radical (unpaired) electrons. The number of benzene rings is 1. The van der Waals surface area contributed by atoms with Gasteiger partial charge in [0.1, 0.15) is 0 Å². The fourth-order valence-electron chi connectivity index (χ4n) is 2.15. The molecule has 2 rings (SSSR count). The van der Waals surface area contributed by atoms with Crippen molar-refractivity contribution in [3.05, 3.63) is 53.9 Å². The van der Waals surface area contributed by atoms with E-state index in [1.807, 2.05) is 31.3 Å². The van der Waals surface area contributed by atoms with Gasteiger partial charge in [0, 0.05) is 18.0 Å². The number of rotatable bonds is 4. The van der Waals surface area contributed by atoms with Gasteiger partial charge in [0.25, 0.3) is 0 Å². The van der Waals surface area contributed by atoms with Crippen molar-refractivity contribution in [3.8, 4) is 11.1 Å². The Hall–Kier alpha value is -2.16. The van der Waals surface area contributed by atoms with Crippen LogP contribution in [0.4, 0.5) is 0 Å². The van der Waals surface area contributed by atoms with E-state index in [2.05, 4.69) is 24.0 Å². The largest absolute Gasteiger partial charge is 0.481 e. The molecule has 0 aliphatic rings. The monoisotopic (exact) mass is 255 g/mol. The summed E-state index contributed by atoms with van der Waals surface area (Å²) in [5.74, 6) is -0.817. The molecule has 1 unspecified atom stereocenters. The van der Waals surface area contributed by atoms with Crippen LogP contribution in [0.3, 0.4) is 0 Å². The van der Waals surface area contributed by atoms with E-state index >= 15 is 0 Å². The highest BCUT2D eigenvalue weighted by Crippen LogP contribution is 2.26. The molecule has 0 saturated carbocycles. The van der Waals surface area contributed by atoms with Gasteiger partial charge in [-0.3, -0.25) is 9.78 Å². The minimum absolute atomic E-state index is 0.0334. The zero-order valence-electron chi connectivity index (χ0n) is 11.1. The molecule has 19 heavy (non-hydrogen) atoms. The van der Waals surface area contributed by atoms with Crippen LogP contribution in [-0.2, 0) is 4.79 Å². The predicted octanol–water partition coefficient (Wildman–Crippen LogP) is 3.64. The lowest BCUT2D eigenvalue weighted by atomic mass is 9.95. The Morgan fingerprint density at radius 1 is 1.32 bits per heavy atom. The average molecular weight is 255 g/mol. The molecule has 0 aliphatic heterocycles. The zero-order valence-corrected chi connectivity index (χ0v) is 11.1. The third-order valence-corrected chi connectivity index (χ3v) is 3.27. The molecular formula is C16H17NO2. The minimum atomic E-state index is -0.784. The van der Waals surface area contributed by atoms with E-state index in [4.69, 9.17) is 5.11 Å². The zero-order chi connectivity index (χ0) is 13.8. The molecule has 3 heteroatoms. The van der Waals surface area contributed by atoms with Gasteiger partial charge in [0.2, 0.25) is 0 Å². The molecule has 1 aromatic heterocycles. The second-order valence-electron chi connectivity index (χ2n) is 4.82. The van der Waals surface area contributed by atoms with Crippen molar-refractivity contribution < 1.29 is 9.90 Å². The van der Waals surface area contributed by atoms with E-state index in [-0.39, 0.29) is 12.3 Å². The first kappa shape index (κ1) is 13.3. The highest BCUT2D eigenvalue weighted by molar-refractivity contribution is 5.69. The molecule has 1 aromatic carbocycles. The van der Waals surface area contributed by atoms with Gasteiger partial charge in [-0.1, -0.05) is 31.2 Å². The SMILES string of the molecule is Cc1ccccc1-c1cncc(C(C)CC(=O)O)c1. The average Bonchev–Trinajstić information content (AvgIpc) is 2.38. The summed E-state index contributed by atoms with van der Waals surface area (Å²) < 4.78 is 0. The summed E-state index contributed by atoms with van der Waals surface area (Å²) in [5, 5.41) is 8.86. The maximum Gasteiger partial charge on any atom is 0.303 e. The quantitative estimate of drug-likeness (QED) is 0.907. The highest BCUT2D eigenvalue weighted by atomic mass is 16.4. The number of aromatic nitrogens is 1. The summed E-state index contributed by atoms with van der Waals surface area (Å²) in [5.41, 5.74) is 4.32. The molecule has 0 amide bonds. The summed E-state index contributed by atoms with van der Waals surface area (Å²) in [6, 6.07) is 10.1. The Bertz CT molecular complexity index is 593. The van der Waals surface area contributed by atoms with Crippen LogP contribution < -0.4 is 0 Å². The van der Waals surface area contributed by atoms with Crippen molar-refractivity contribution in [2.24, 2.45) is 0 Å². The number of pyridine rings is 1. The summed E-state index contributed by atoms with van der Waals surface area (Å²) in [4.78, 5) is 15.0. The molecule has 0 bridgehead atoms. The second kappa shape index (κ2) is 5.65. The Kier molecular flexibility index (Phi) is 3.95. The van der Waals surface area contributed by atoms with Gasteiger partial charge < -0.3 is 5.11 Å². The van der Waals surface area contributed by atoms with Crippen molar-refractivity contribution in [2.75, 3.05) is 0 Å². The van der Waals surface area contributed by atoms with Gasteiger partial charge in [-0.15, -0.1) is 0 Å². The Labute approximate surface area is 112 Å². The number of hydrogen-bond donors (Lipinski definition) is 1. The van der Waals surface area contributed by atoms with Gasteiger partial charge in [0.15, 0.2) is 0 Å². The van der Waals surface area contributed by atoms with Crippen molar-refractivity contribution in [1.82, 2.24) is 4.98 Å². The molecule has 0 fully saturated rings. The standard InChI is InChI=1S/C16H17NO2/c1-11-5-3-4-6-15(11)14-8-13(9-17-10-14)12(2)7-16(18)19/h3-6,8-10,12H,7H2,1-2H3,(H,18,19). The summed E-state index contributed by atoms with van der Waals surface area (Å²) in [6.45, 7) is 3.97. The third kappa shape index (κ3) is 3.19. The Balaban J connectivity index is 2.34. The van der Waals surface area contributed by atoms with Crippen LogP contribution in [0.2, 0.25) is 0 Å². The summed E-state index contributed by atoms with van der Waals surface area (Å²) in [7, 11) is 0. The first-order valence-electron chi connectivity index (χ1n) is 6.30. The highest BCUT2D eigenvalue weighted by Gasteiger charge is 2.12. The first-order chi connectivity index (χ1) is 9.08. The lowest BCUT2D eigenvalue weighted by Gasteiger charge is -2.11. The van der Waals surface area contributed by atoms with Gasteiger partial charge in [0.05, 0.1) is 6.42 Å². The van der Waals surface area contributed by atoms with E-state index in [1.165, 1.54) is 5.56 Å². The molecule has 98 valence electrons. The van der Waals surface area contributed by atoms with E-state index in [0.717, 1.165) is 16.7 Å². The lowest BCUT2D eigenvalue weighted by Crippen LogP contribution is -2.03. The number of nitrogens with zero attached hydrogens (tertiary/aromatic N) is 1. The van der Waals surface area contributed by atoms with E-state index < -0.39 is 5.97 Å². The molecular weight excluding hydrogens is 238 g/mol. The Morgan fingerprint density at radius 2 is 2.05 bits per heavy atom. The molecule has 1 heterocycles. The molecule has 0 aliphatic carbocycles. The smallest absolute Gasteiger partial charge is 0.303 e. The summed E-state index contributed by atoms with van der Waals surface area (Å²) >= 11 is 0. The number of carboxylic acids is 1. The fraction of sp³-hybridized carbons (Fsp3) is 0.250. The molecule has 1 atom stereocenters. The number of carbonyl (C=O) groups is 1. The van der Waals surface area contributed by atoms with Crippen LogP contribution in [0.1, 0.15) is 30.4 Å². The topological polar surface area (TPSA) is 50.2 Å². The van der Waals surface area contributed by atoms with Gasteiger partial charge in [-0.2, -0.15) is 0 Å². The van der Waals surface area contributed by atoms with Crippen molar-refractivity contribution in [2.45, 2.75) is 26.2 Å². The maximum atomic E-state index is 10.8. The second-order valence-corrected chi connectivity index (χ2v) is 4.82. The van der Waals surface area contributed by atoms with Gasteiger partial charge >= 0.3 is 5.97 Å². The van der Waals surface area contributed by atoms with Crippen molar-refractivity contribution >= 4 is 5.97 Å². The normalized spacial score (nSPS) is 12.1. The molecule has 1 N–H and O–H groups in total. The fourth-order valence-corrected chi connectivity index (χ4v) is 2.15. The predicted molar refractivity (Wildman–Crippen MR) is 75.1 cm³/mol. The van der Waals surface area contributed by atoms with E-state index in [9.17, 15) is 4.79 Å². The molecule has 0 spiro atoms. The lowest BCUT2D eigenvalue weighted by molar-refractivity contribution is -0.137. The van der Waals surface area contributed by atoms with Crippen LogP contribution >= 0.6 is 0 Å². The van der Waals surface area contributed by atoms with Crippen LogP contribution in [0, 0.1) is 6.92 Å². The molecule has 3 nitrogen and oxygen atoms in total. The van der Waals surface area contributed by atoms with Crippen LogP contribution in [0.25, 0.3) is 11.1 Å². The minimum Gasteiger partial charge on any atom is -0.481 e. The van der Waals surface area contributed by atoms with Crippen LogP contribution in [-0.4, -0.2) is 16.1 Å². The number of aryl methyl sites for hydroxylation is 1. The first-order valence-corrected chi connectivity index (χ1v) is 6.30. The summed E-state index contributed by atoms with van der Waals surface area (Å²) in [6.07, 6.45) is 3.69. The molecule has 2 aromatic rings. The van der Waals surface area contributed by atoms with E-state index in [0.29, 0.717) is 0 Å². The van der Waals surface area contributed by atoms with Crippen LogP contribution in [0.5, 0.6) is 0 Å². The number of aliphatic carboxylic acids is 1. The Morgan fingerprint density at radius 3 is 2.74 bits per heavy atom. The third-order valence-electron chi connectivity index (χ3n) is 3.27. The number of hydrogen-bond acceptors (Lipinski definition) is 2. The van der Waals surface area contributed by atoms with Gasteiger partial charge in [-0.05, 0) is 35.6 Å². The molecule has 0 saturated heterocycles. The van der Waals surface area contributed by atoms with Crippen molar-refractivity contribution in [3.63, 3.8) is 0 Å². The number of carboxylic acid groups (broad SMARTS) is 1. The maximum absolute atomic E-state index is 10.8. The van der Waals surface area contributed by atoms with Crippen LogP contribution in [0.15, 0.2) is 42.7 Å². The van der Waals surface area contributed by atoms with E-state index in [1.54, 1.807) is 6.20 Å². The van der Waals surface area contributed by atoms with Gasteiger partial charge in [-0.25, -0.2) is 0 Å².